The van der Waals surface area contributed by atoms with Gasteiger partial charge >= 0.3 is 5.97 Å². The predicted molar refractivity (Wildman–Crippen MR) is 114 cm³/mol. The standard InChI is InChI=1S/C24H26ClNO3/c1-15-5-8-18-19(13-15)21(23(28)29)24(10-3-4-11-24)26(22(18)27)12-9-17-7-6-16(2)20(25)14-17/h5-8,13-14,21H,3-4,9-12H2,1-2H3,(H,28,29). The second-order valence-electron chi connectivity index (χ2n) is 8.46. The summed E-state index contributed by atoms with van der Waals surface area (Å²) >= 11 is 6.27. The average Bonchev–Trinajstić information content (AvgIpc) is 3.13. The number of fused-ring (bicyclic) bond motifs is 1. The number of hydrogen-bond donors (Lipinski definition) is 1. The van der Waals surface area contributed by atoms with Crippen molar-refractivity contribution < 1.29 is 14.7 Å². The number of carbonyl (C=O) groups is 2. The Morgan fingerprint density at radius 1 is 1.17 bits per heavy atom. The van der Waals surface area contributed by atoms with Crippen LogP contribution in [0.3, 0.4) is 0 Å². The first-order valence-corrected chi connectivity index (χ1v) is 10.6. The number of hydrogen-bond acceptors (Lipinski definition) is 2. The maximum absolute atomic E-state index is 13.5. The van der Waals surface area contributed by atoms with E-state index in [0.29, 0.717) is 29.1 Å². The van der Waals surface area contributed by atoms with Crippen LogP contribution in [0.2, 0.25) is 5.02 Å². The van der Waals surface area contributed by atoms with Gasteiger partial charge in [0.25, 0.3) is 5.91 Å². The fourth-order valence-electron chi connectivity index (χ4n) is 5.17. The van der Waals surface area contributed by atoms with Crippen molar-refractivity contribution >= 4 is 23.5 Å². The fourth-order valence-corrected chi connectivity index (χ4v) is 5.38. The molecule has 1 amide bonds. The van der Waals surface area contributed by atoms with Gasteiger partial charge in [0.15, 0.2) is 0 Å². The van der Waals surface area contributed by atoms with Crippen molar-refractivity contribution in [1.29, 1.82) is 0 Å². The second kappa shape index (κ2) is 7.49. The molecule has 2 aromatic rings. The number of aliphatic carboxylic acids is 1. The molecule has 0 saturated heterocycles. The minimum absolute atomic E-state index is 0.0439. The zero-order valence-electron chi connectivity index (χ0n) is 16.9. The number of amides is 1. The summed E-state index contributed by atoms with van der Waals surface area (Å²) < 4.78 is 0. The van der Waals surface area contributed by atoms with Crippen molar-refractivity contribution in [3.05, 3.63) is 69.2 Å². The third-order valence-corrected chi connectivity index (χ3v) is 7.05. The van der Waals surface area contributed by atoms with Crippen molar-refractivity contribution in [2.75, 3.05) is 6.54 Å². The van der Waals surface area contributed by atoms with Crippen molar-refractivity contribution in [1.82, 2.24) is 4.90 Å². The Bertz CT molecular complexity index is 978. The first-order valence-electron chi connectivity index (χ1n) is 10.2. The van der Waals surface area contributed by atoms with Crippen molar-refractivity contribution in [3.8, 4) is 0 Å². The van der Waals surface area contributed by atoms with E-state index >= 15 is 0 Å². The molecule has 1 heterocycles. The van der Waals surface area contributed by atoms with E-state index in [2.05, 4.69) is 0 Å². The average molecular weight is 412 g/mol. The summed E-state index contributed by atoms with van der Waals surface area (Å²) in [6, 6.07) is 11.5. The summed E-state index contributed by atoms with van der Waals surface area (Å²) in [6.07, 6.45) is 4.02. The van der Waals surface area contributed by atoms with Gasteiger partial charge in [-0.2, -0.15) is 0 Å². The van der Waals surface area contributed by atoms with Gasteiger partial charge < -0.3 is 10.0 Å². The van der Waals surface area contributed by atoms with Gasteiger partial charge in [0.05, 0.1) is 5.54 Å². The van der Waals surface area contributed by atoms with Crippen LogP contribution < -0.4 is 0 Å². The molecule has 1 spiro atoms. The molecule has 0 bridgehead atoms. The highest BCUT2D eigenvalue weighted by molar-refractivity contribution is 6.31. The third kappa shape index (κ3) is 3.33. The number of nitrogens with zero attached hydrogens (tertiary/aromatic N) is 1. The van der Waals surface area contributed by atoms with Crippen LogP contribution in [0.5, 0.6) is 0 Å². The second-order valence-corrected chi connectivity index (χ2v) is 8.87. The normalized spacial score (nSPS) is 20.2. The van der Waals surface area contributed by atoms with Crippen LogP contribution in [-0.2, 0) is 11.2 Å². The molecule has 5 heteroatoms. The summed E-state index contributed by atoms with van der Waals surface area (Å²) in [5.41, 5.74) is 3.63. The van der Waals surface area contributed by atoms with Gasteiger partial charge in [-0.25, -0.2) is 0 Å². The van der Waals surface area contributed by atoms with Crippen LogP contribution in [0.15, 0.2) is 36.4 Å². The first-order chi connectivity index (χ1) is 13.8. The Balaban J connectivity index is 1.75. The van der Waals surface area contributed by atoms with E-state index < -0.39 is 17.4 Å². The number of carbonyl (C=O) groups excluding carboxylic acids is 1. The van der Waals surface area contributed by atoms with Crippen molar-refractivity contribution in [3.63, 3.8) is 0 Å². The molecule has 1 fully saturated rings. The van der Waals surface area contributed by atoms with Gasteiger partial charge in [0, 0.05) is 17.1 Å². The van der Waals surface area contributed by atoms with E-state index in [1.54, 1.807) is 6.07 Å². The van der Waals surface area contributed by atoms with E-state index in [9.17, 15) is 14.7 Å². The lowest BCUT2D eigenvalue weighted by molar-refractivity contribution is -0.143. The largest absolute Gasteiger partial charge is 0.481 e. The molecular formula is C24H26ClNO3. The van der Waals surface area contributed by atoms with Crippen LogP contribution in [0.25, 0.3) is 0 Å². The lowest BCUT2D eigenvalue weighted by atomic mass is 9.71. The molecule has 29 heavy (non-hydrogen) atoms. The molecule has 0 aromatic heterocycles. The highest BCUT2D eigenvalue weighted by atomic mass is 35.5. The predicted octanol–water partition coefficient (Wildman–Crippen LogP) is 5.14. The Kier molecular flexibility index (Phi) is 5.16. The summed E-state index contributed by atoms with van der Waals surface area (Å²) in [5.74, 6) is -1.56. The number of carboxylic acids is 1. The maximum atomic E-state index is 13.5. The molecule has 1 unspecified atom stereocenters. The maximum Gasteiger partial charge on any atom is 0.313 e. The van der Waals surface area contributed by atoms with E-state index in [1.165, 1.54) is 0 Å². The molecule has 152 valence electrons. The molecule has 0 radical (unpaired) electrons. The molecular weight excluding hydrogens is 386 g/mol. The number of aryl methyl sites for hydroxylation is 2. The van der Waals surface area contributed by atoms with Crippen LogP contribution in [0.1, 0.15) is 64.2 Å². The van der Waals surface area contributed by atoms with Gasteiger partial charge in [-0.1, -0.05) is 54.3 Å². The van der Waals surface area contributed by atoms with Crippen LogP contribution in [-0.4, -0.2) is 34.0 Å². The topological polar surface area (TPSA) is 57.6 Å². The van der Waals surface area contributed by atoms with Gasteiger partial charge in [0.2, 0.25) is 0 Å². The Hall–Kier alpha value is -2.33. The molecule has 1 aliphatic carbocycles. The molecule has 1 N–H and O–H groups in total. The number of rotatable bonds is 4. The quantitative estimate of drug-likeness (QED) is 0.758. The molecule has 1 saturated carbocycles. The van der Waals surface area contributed by atoms with E-state index in [1.807, 2.05) is 49.1 Å². The first kappa shape index (κ1) is 20.0. The van der Waals surface area contributed by atoms with Crippen LogP contribution in [0, 0.1) is 13.8 Å². The minimum atomic E-state index is -0.838. The molecule has 4 rings (SSSR count). The Morgan fingerprint density at radius 2 is 1.90 bits per heavy atom. The zero-order chi connectivity index (χ0) is 20.8. The van der Waals surface area contributed by atoms with Crippen LogP contribution in [0.4, 0.5) is 0 Å². The number of carboxylic acid groups (broad SMARTS) is 1. The summed E-state index contributed by atoms with van der Waals surface area (Å²) in [7, 11) is 0. The minimum Gasteiger partial charge on any atom is -0.481 e. The van der Waals surface area contributed by atoms with E-state index in [-0.39, 0.29) is 5.91 Å². The van der Waals surface area contributed by atoms with Crippen molar-refractivity contribution in [2.24, 2.45) is 0 Å². The SMILES string of the molecule is Cc1ccc2c(c1)C(C(=O)O)C1(CCCC1)N(CCc1ccc(C)c(Cl)c1)C2=O. The van der Waals surface area contributed by atoms with Gasteiger partial charge in [-0.3, -0.25) is 9.59 Å². The zero-order valence-corrected chi connectivity index (χ0v) is 17.6. The monoisotopic (exact) mass is 411 g/mol. The highest BCUT2D eigenvalue weighted by Gasteiger charge is 2.55. The van der Waals surface area contributed by atoms with Gasteiger partial charge in [-0.05, 0) is 61.9 Å². The van der Waals surface area contributed by atoms with Gasteiger partial charge in [-0.15, -0.1) is 0 Å². The molecule has 2 aliphatic rings. The lowest BCUT2D eigenvalue weighted by Gasteiger charge is -2.49. The third-order valence-electron chi connectivity index (χ3n) is 6.65. The highest BCUT2D eigenvalue weighted by Crippen LogP contribution is 2.50. The smallest absolute Gasteiger partial charge is 0.313 e. The Morgan fingerprint density at radius 3 is 2.55 bits per heavy atom. The molecule has 4 nitrogen and oxygen atoms in total. The fraction of sp³-hybridized carbons (Fsp3) is 0.417. The van der Waals surface area contributed by atoms with E-state index in [0.717, 1.165) is 42.4 Å². The number of benzene rings is 2. The molecule has 1 atom stereocenters. The summed E-state index contributed by atoms with van der Waals surface area (Å²) in [6.45, 7) is 4.40. The number of halogens is 1. The van der Waals surface area contributed by atoms with Crippen molar-refractivity contribution in [2.45, 2.75) is 57.4 Å². The molecule has 1 aliphatic heterocycles. The Labute approximate surface area is 176 Å². The summed E-state index contributed by atoms with van der Waals surface area (Å²) in [4.78, 5) is 27.8. The summed E-state index contributed by atoms with van der Waals surface area (Å²) in [5, 5.41) is 10.9. The van der Waals surface area contributed by atoms with Crippen LogP contribution >= 0.6 is 11.6 Å². The lowest BCUT2D eigenvalue weighted by Crippen LogP contribution is -2.59. The molecule has 2 aromatic carbocycles. The van der Waals surface area contributed by atoms with E-state index in [4.69, 9.17) is 11.6 Å². The van der Waals surface area contributed by atoms with Gasteiger partial charge in [0.1, 0.15) is 5.92 Å².